The molecule has 2 fully saturated rings. The third-order valence-corrected chi connectivity index (χ3v) is 8.11. The third kappa shape index (κ3) is 4.65. The number of nitrogens with one attached hydrogen (secondary N) is 1. The number of fused-ring (bicyclic) bond motifs is 1. The first-order chi connectivity index (χ1) is 15.7. The Bertz CT molecular complexity index is 929. The molecule has 7 heteroatoms. The number of nitrogens with zero attached hydrogens (tertiary/aromatic N) is 1. The van der Waals surface area contributed by atoms with E-state index in [1.165, 1.54) is 36.8 Å². The summed E-state index contributed by atoms with van der Waals surface area (Å²) in [6, 6.07) is 5.83. The van der Waals surface area contributed by atoms with E-state index >= 15 is 0 Å². The molecule has 33 heavy (non-hydrogen) atoms. The number of esters is 1. The van der Waals surface area contributed by atoms with Crippen LogP contribution < -0.4 is 10.1 Å². The van der Waals surface area contributed by atoms with Gasteiger partial charge in [0.1, 0.15) is 11.8 Å². The van der Waals surface area contributed by atoms with Crippen molar-refractivity contribution < 1.29 is 24.2 Å². The summed E-state index contributed by atoms with van der Waals surface area (Å²) in [6.45, 7) is 4.77. The second kappa shape index (κ2) is 9.45. The van der Waals surface area contributed by atoms with Crippen molar-refractivity contribution >= 4 is 17.8 Å². The number of amides is 1. The van der Waals surface area contributed by atoms with Crippen LogP contribution >= 0.6 is 0 Å². The molecule has 2 N–H and O–H groups in total. The quantitative estimate of drug-likeness (QED) is 0.483. The number of carboxylic acids is 1. The van der Waals surface area contributed by atoms with E-state index < -0.39 is 23.9 Å². The van der Waals surface area contributed by atoms with Crippen molar-refractivity contribution in [2.45, 2.75) is 82.7 Å². The monoisotopic (exact) mass is 456 g/mol. The lowest BCUT2D eigenvalue weighted by Crippen LogP contribution is -2.59. The average Bonchev–Trinajstić information content (AvgIpc) is 2.78. The maximum atomic E-state index is 13.0. The van der Waals surface area contributed by atoms with Gasteiger partial charge in [-0.05, 0) is 74.4 Å². The van der Waals surface area contributed by atoms with E-state index in [9.17, 15) is 14.4 Å². The summed E-state index contributed by atoms with van der Waals surface area (Å²) in [5, 5.41) is 11.4. The molecular formula is C26H36N2O5. The molecule has 1 aliphatic heterocycles. The third-order valence-electron chi connectivity index (χ3n) is 8.11. The van der Waals surface area contributed by atoms with Gasteiger partial charge in [0, 0.05) is 17.9 Å². The van der Waals surface area contributed by atoms with E-state index in [1.807, 2.05) is 19.9 Å². The smallest absolute Gasteiger partial charge is 0.334 e. The van der Waals surface area contributed by atoms with E-state index in [0.717, 1.165) is 19.4 Å². The molecule has 7 nitrogen and oxygen atoms in total. The van der Waals surface area contributed by atoms with E-state index in [4.69, 9.17) is 9.84 Å². The number of likely N-dealkylation sites (tertiary alicyclic amines) is 1. The molecular weight excluding hydrogens is 420 g/mol. The number of benzene rings is 1. The lowest BCUT2D eigenvalue weighted by atomic mass is 9.52. The number of aliphatic carboxylic acids is 1. The van der Waals surface area contributed by atoms with Crippen LogP contribution in [0.25, 0.3) is 0 Å². The molecule has 1 heterocycles. The first kappa shape index (κ1) is 23.7. The molecule has 0 spiro atoms. The molecule has 2 bridgehead atoms. The van der Waals surface area contributed by atoms with Gasteiger partial charge in [0.25, 0.3) is 0 Å². The van der Waals surface area contributed by atoms with Crippen LogP contribution in [0.2, 0.25) is 0 Å². The molecule has 4 atom stereocenters. The fourth-order valence-electron chi connectivity index (χ4n) is 6.38. The summed E-state index contributed by atoms with van der Waals surface area (Å²) in [6.07, 6.45) is 6.74. The maximum Gasteiger partial charge on any atom is 0.334 e. The van der Waals surface area contributed by atoms with Crippen molar-refractivity contribution in [3.63, 3.8) is 0 Å². The Balaban J connectivity index is 1.53. The van der Waals surface area contributed by atoms with Crippen molar-refractivity contribution in [2.75, 3.05) is 13.6 Å². The van der Waals surface area contributed by atoms with Crippen LogP contribution in [0.4, 0.5) is 0 Å². The highest BCUT2D eigenvalue weighted by atomic mass is 16.5. The minimum atomic E-state index is -1.04. The zero-order valence-corrected chi connectivity index (χ0v) is 19.9. The Morgan fingerprint density at radius 2 is 2.00 bits per heavy atom. The number of likely N-dealkylation sites (N-methyl/N-ethyl adjacent to an activating group) is 1. The number of hydrogen-bond donors (Lipinski definition) is 2. The van der Waals surface area contributed by atoms with E-state index in [-0.39, 0.29) is 24.2 Å². The number of carbonyl (C=O) groups is 3. The van der Waals surface area contributed by atoms with Gasteiger partial charge in [0.05, 0.1) is 6.42 Å². The van der Waals surface area contributed by atoms with Crippen molar-refractivity contribution in [3.05, 3.63) is 29.3 Å². The first-order valence-electron chi connectivity index (χ1n) is 12.3. The summed E-state index contributed by atoms with van der Waals surface area (Å²) < 4.78 is 5.79. The fourth-order valence-corrected chi connectivity index (χ4v) is 6.38. The summed E-state index contributed by atoms with van der Waals surface area (Å²) in [5.41, 5.74) is 2.90. The molecule has 180 valence electrons. The SMILES string of the molecule is CC(C)C(NC(=O)CCC(=O)O)C(=O)Oc1ccc2c(c1)[C@@]13CCCC[C@H]1[C@@H](C2)N(C)CC3. The highest BCUT2D eigenvalue weighted by Gasteiger charge is 2.53. The standard InChI is InChI=1S/C26H36N2O5/c1-16(2)24(27-22(29)9-10-23(30)31)25(32)33-18-8-7-17-14-21-19-6-4-5-11-26(19,20(17)15-18)12-13-28(21)3/h7-8,15-16,19,21,24H,4-6,9-14H2,1-3H3,(H,27,29)(H,30,31)/t19-,21+,24?,26+/m0/s1. The molecule has 1 saturated heterocycles. The van der Waals surface area contributed by atoms with Gasteiger partial charge in [-0.2, -0.15) is 0 Å². The Hall–Kier alpha value is -2.41. The van der Waals surface area contributed by atoms with Gasteiger partial charge in [-0.3, -0.25) is 9.59 Å². The van der Waals surface area contributed by atoms with Gasteiger partial charge in [-0.25, -0.2) is 4.79 Å². The summed E-state index contributed by atoms with van der Waals surface area (Å²) >= 11 is 0. The van der Waals surface area contributed by atoms with Gasteiger partial charge >= 0.3 is 11.9 Å². The fraction of sp³-hybridized carbons (Fsp3) is 0.654. The highest BCUT2D eigenvalue weighted by Crippen LogP contribution is 2.55. The minimum Gasteiger partial charge on any atom is -0.481 e. The number of rotatable bonds is 7. The number of ether oxygens (including phenoxy) is 1. The van der Waals surface area contributed by atoms with Crippen LogP contribution in [0, 0.1) is 11.8 Å². The van der Waals surface area contributed by atoms with Crippen molar-refractivity contribution in [2.24, 2.45) is 11.8 Å². The largest absolute Gasteiger partial charge is 0.481 e. The van der Waals surface area contributed by atoms with Crippen LogP contribution in [0.15, 0.2) is 18.2 Å². The summed E-state index contributed by atoms with van der Waals surface area (Å²) in [5.74, 6) is -1.01. The molecule has 1 unspecified atom stereocenters. The Morgan fingerprint density at radius 1 is 1.21 bits per heavy atom. The number of carboxylic acid groups (broad SMARTS) is 1. The molecule has 0 radical (unpaired) electrons. The zero-order chi connectivity index (χ0) is 23.8. The number of hydrogen-bond acceptors (Lipinski definition) is 5. The summed E-state index contributed by atoms with van der Waals surface area (Å²) in [4.78, 5) is 38.4. The molecule has 0 aromatic heterocycles. The normalized spacial score (nSPS) is 27.3. The predicted molar refractivity (Wildman–Crippen MR) is 124 cm³/mol. The van der Waals surface area contributed by atoms with Crippen molar-refractivity contribution in [1.29, 1.82) is 0 Å². The van der Waals surface area contributed by atoms with Crippen LogP contribution in [0.1, 0.15) is 69.9 Å². The number of piperidine rings is 1. The molecule has 1 aromatic carbocycles. The molecule has 2 aliphatic carbocycles. The van der Waals surface area contributed by atoms with Gasteiger partial charge in [-0.15, -0.1) is 0 Å². The van der Waals surface area contributed by atoms with Crippen molar-refractivity contribution in [1.82, 2.24) is 10.2 Å². The van der Waals surface area contributed by atoms with E-state index in [1.54, 1.807) is 0 Å². The molecule has 3 aliphatic rings. The Kier molecular flexibility index (Phi) is 6.80. The van der Waals surface area contributed by atoms with Crippen LogP contribution in [0.5, 0.6) is 5.75 Å². The summed E-state index contributed by atoms with van der Waals surface area (Å²) in [7, 11) is 2.25. The zero-order valence-electron chi connectivity index (χ0n) is 19.9. The molecule has 1 amide bonds. The Labute approximate surface area is 195 Å². The van der Waals surface area contributed by atoms with E-state index in [2.05, 4.69) is 29.4 Å². The maximum absolute atomic E-state index is 13.0. The van der Waals surface area contributed by atoms with Crippen molar-refractivity contribution in [3.8, 4) is 5.75 Å². The average molecular weight is 457 g/mol. The van der Waals surface area contributed by atoms with Crippen LogP contribution in [-0.2, 0) is 26.2 Å². The van der Waals surface area contributed by atoms with E-state index in [0.29, 0.717) is 17.7 Å². The lowest BCUT2D eigenvalue weighted by molar-refractivity contribution is -0.141. The lowest BCUT2D eigenvalue weighted by Gasteiger charge is -2.58. The molecule has 4 rings (SSSR count). The van der Waals surface area contributed by atoms with Crippen LogP contribution in [-0.4, -0.2) is 53.5 Å². The van der Waals surface area contributed by atoms with Gasteiger partial charge in [0.2, 0.25) is 5.91 Å². The van der Waals surface area contributed by atoms with Gasteiger partial charge in [-0.1, -0.05) is 32.8 Å². The molecule has 1 aromatic rings. The predicted octanol–water partition coefficient (Wildman–Crippen LogP) is 3.29. The van der Waals surface area contributed by atoms with Gasteiger partial charge in [0.15, 0.2) is 0 Å². The number of carbonyl (C=O) groups excluding carboxylic acids is 2. The minimum absolute atomic E-state index is 0.163. The highest BCUT2D eigenvalue weighted by molar-refractivity contribution is 5.87. The Morgan fingerprint density at radius 3 is 2.73 bits per heavy atom. The first-order valence-corrected chi connectivity index (χ1v) is 12.3. The topological polar surface area (TPSA) is 95.9 Å². The second-order valence-electron chi connectivity index (χ2n) is 10.4. The second-order valence-corrected chi connectivity index (χ2v) is 10.4. The van der Waals surface area contributed by atoms with Gasteiger partial charge < -0.3 is 20.1 Å². The molecule has 1 saturated carbocycles. The van der Waals surface area contributed by atoms with Crippen LogP contribution in [0.3, 0.4) is 0 Å².